The Bertz CT molecular complexity index is 1450. The minimum absolute atomic E-state index is 0.0609. The van der Waals surface area contributed by atoms with Gasteiger partial charge in [0.15, 0.2) is 0 Å². The Morgan fingerprint density at radius 3 is 2.36 bits per heavy atom. The number of hydrogen-bond acceptors (Lipinski definition) is 3. The fourth-order valence-electron chi connectivity index (χ4n) is 4.28. The number of ether oxygens (including phenoxy) is 1. The lowest BCUT2D eigenvalue weighted by molar-refractivity contribution is -0.121. The van der Waals surface area contributed by atoms with Crippen molar-refractivity contribution in [3.05, 3.63) is 126 Å². The number of benzene rings is 4. The van der Waals surface area contributed by atoms with E-state index in [0.29, 0.717) is 12.2 Å². The Hall–Kier alpha value is -4.45. The van der Waals surface area contributed by atoms with Crippen molar-refractivity contribution in [3.63, 3.8) is 0 Å². The highest BCUT2D eigenvalue weighted by Gasteiger charge is 2.23. The molecule has 5 rings (SSSR count). The largest absolute Gasteiger partial charge is 0.484 e. The molecule has 0 saturated heterocycles. The van der Waals surface area contributed by atoms with E-state index >= 15 is 0 Å². The summed E-state index contributed by atoms with van der Waals surface area (Å²) in [7, 11) is 0. The summed E-state index contributed by atoms with van der Waals surface area (Å²) in [6.07, 6.45) is 1.67. The Kier molecular flexibility index (Phi) is 6.76. The lowest BCUT2D eigenvalue weighted by atomic mass is 10.0. The number of nitrogens with zero attached hydrogens (tertiary/aromatic N) is 2. The van der Waals surface area contributed by atoms with Crippen molar-refractivity contribution in [1.82, 2.24) is 15.1 Å². The predicted octanol–water partition coefficient (Wildman–Crippen LogP) is 6.03. The number of hydrogen-bond donors (Lipinski definition) is 1. The fraction of sp³-hybridized carbons (Fsp3) is 0.133. The first-order valence-corrected chi connectivity index (χ1v) is 11.9. The van der Waals surface area contributed by atoms with Gasteiger partial charge in [-0.15, -0.1) is 0 Å². The van der Waals surface area contributed by atoms with Crippen molar-refractivity contribution in [3.8, 4) is 11.4 Å². The Morgan fingerprint density at radius 2 is 1.64 bits per heavy atom. The van der Waals surface area contributed by atoms with Gasteiger partial charge in [-0.25, -0.2) is 9.07 Å². The second-order valence-corrected chi connectivity index (χ2v) is 8.72. The molecule has 2 atom stereocenters. The first kappa shape index (κ1) is 23.3. The molecule has 0 bridgehead atoms. The van der Waals surface area contributed by atoms with Crippen molar-refractivity contribution in [2.45, 2.75) is 25.5 Å². The van der Waals surface area contributed by atoms with Crippen LogP contribution in [-0.2, 0) is 11.2 Å². The van der Waals surface area contributed by atoms with E-state index in [4.69, 9.17) is 4.74 Å². The van der Waals surface area contributed by atoms with Crippen LogP contribution in [0.2, 0.25) is 0 Å². The number of nitrogens with one attached hydrogen (secondary N) is 1. The lowest BCUT2D eigenvalue weighted by Crippen LogP contribution is -2.40. The molecule has 1 amide bonds. The highest BCUT2D eigenvalue weighted by molar-refractivity contribution is 5.82. The number of amides is 1. The van der Waals surface area contributed by atoms with Gasteiger partial charge >= 0.3 is 0 Å². The van der Waals surface area contributed by atoms with Crippen molar-refractivity contribution >= 4 is 16.8 Å². The van der Waals surface area contributed by atoms with Crippen molar-refractivity contribution in [2.75, 3.05) is 0 Å². The maximum atomic E-state index is 13.3. The standard InChI is InChI=1S/C30H26FN3O2/c1-21(33-29(35)18-22-8-4-2-5-9-22)30(23-10-6-3-7-11-23)36-27-16-17-28-24(19-27)20-32-34(28)26-14-12-25(31)13-15-26/h2-17,19-21,30H,18H2,1H3,(H,33,35). The number of carbonyl (C=O) groups excluding carboxylic acids is 1. The molecule has 1 aromatic heterocycles. The number of fused-ring (bicyclic) bond motifs is 1. The average Bonchev–Trinajstić information content (AvgIpc) is 3.32. The van der Waals surface area contributed by atoms with Crippen LogP contribution in [-0.4, -0.2) is 21.7 Å². The van der Waals surface area contributed by atoms with Gasteiger partial charge in [0.1, 0.15) is 17.7 Å². The van der Waals surface area contributed by atoms with Crippen molar-refractivity contribution in [2.24, 2.45) is 0 Å². The molecule has 0 aliphatic carbocycles. The Labute approximate surface area is 209 Å². The van der Waals surface area contributed by atoms with E-state index in [0.717, 1.165) is 27.7 Å². The summed E-state index contributed by atoms with van der Waals surface area (Å²) in [6, 6.07) is 31.2. The monoisotopic (exact) mass is 479 g/mol. The smallest absolute Gasteiger partial charge is 0.224 e. The summed E-state index contributed by atoms with van der Waals surface area (Å²) in [4.78, 5) is 12.7. The van der Waals surface area contributed by atoms with E-state index in [9.17, 15) is 9.18 Å². The summed E-state index contributed by atoms with van der Waals surface area (Å²) in [5, 5.41) is 8.47. The molecular formula is C30H26FN3O2. The van der Waals surface area contributed by atoms with Gasteiger partial charge in [0, 0.05) is 5.39 Å². The molecule has 1 heterocycles. The molecule has 0 aliphatic rings. The third-order valence-corrected chi connectivity index (χ3v) is 6.05. The summed E-state index contributed by atoms with van der Waals surface area (Å²) in [5.74, 6) is 0.316. The molecule has 5 aromatic rings. The zero-order valence-electron chi connectivity index (χ0n) is 19.8. The van der Waals surface area contributed by atoms with E-state index in [-0.39, 0.29) is 17.8 Å². The van der Waals surface area contributed by atoms with Gasteiger partial charge in [-0.2, -0.15) is 5.10 Å². The zero-order chi connectivity index (χ0) is 24.9. The summed E-state index contributed by atoms with van der Waals surface area (Å²) < 4.78 is 21.6. The van der Waals surface area contributed by atoms with Gasteiger partial charge in [0.05, 0.1) is 29.9 Å². The third-order valence-electron chi connectivity index (χ3n) is 6.05. The van der Waals surface area contributed by atoms with E-state index in [1.807, 2.05) is 85.8 Å². The van der Waals surface area contributed by atoms with Crippen LogP contribution in [0.15, 0.2) is 109 Å². The topological polar surface area (TPSA) is 56.1 Å². The van der Waals surface area contributed by atoms with Gasteiger partial charge in [-0.3, -0.25) is 4.79 Å². The SMILES string of the molecule is CC(NC(=O)Cc1ccccc1)C(Oc1ccc2c(cnn2-c2ccc(F)cc2)c1)c1ccccc1. The number of halogens is 1. The zero-order valence-corrected chi connectivity index (χ0v) is 19.8. The van der Waals surface area contributed by atoms with Crippen LogP contribution >= 0.6 is 0 Å². The molecule has 0 spiro atoms. The molecule has 0 radical (unpaired) electrons. The van der Waals surface area contributed by atoms with Gasteiger partial charge in [-0.05, 0) is 60.5 Å². The maximum Gasteiger partial charge on any atom is 0.224 e. The minimum Gasteiger partial charge on any atom is -0.484 e. The molecule has 180 valence electrons. The van der Waals surface area contributed by atoms with Crippen LogP contribution in [0.5, 0.6) is 5.75 Å². The first-order valence-electron chi connectivity index (χ1n) is 11.9. The van der Waals surface area contributed by atoms with Crippen LogP contribution in [0, 0.1) is 5.82 Å². The molecule has 2 unspecified atom stereocenters. The minimum atomic E-state index is -0.393. The summed E-state index contributed by atoms with van der Waals surface area (Å²) in [6.45, 7) is 1.95. The van der Waals surface area contributed by atoms with Gasteiger partial charge in [0.2, 0.25) is 5.91 Å². The van der Waals surface area contributed by atoms with E-state index in [1.54, 1.807) is 23.0 Å². The highest BCUT2D eigenvalue weighted by atomic mass is 19.1. The van der Waals surface area contributed by atoms with E-state index in [2.05, 4.69) is 10.4 Å². The molecular weight excluding hydrogens is 453 g/mol. The summed E-state index contributed by atoms with van der Waals surface area (Å²) >= 11 is 0. The van der Waals surface area contributed by atoms with Crippen molar-refractivity contribution in [1.29, 1.82) is 0 Å². The molecule has 6 heteroatoms. The lowest BCUT2D eigenvalue weighted by Gasteiger charge is -2.26. The number of carbonyl (C=O) groups is 1. The molecule has 0 fully saturated rings. The number of rotatable bonds is 8. The second-order valence-electron chi connectivity index (χ2n) is 8.72. The van der Waals surface area contributed by atoms with Gasteiger partial charge < -0.3 is 10.1 Å². The molecule has 0 saturated carbocycles. The Balaban J connectivity index is 1.37. The maximum absolute atomic E-state index is 13.3. The van der Waals surface area contributed by atoms with Gasteiger partial charge in [0.25, 0.3) is 0 Å². The number of aromatic nitrogens is 2. The Morgan fingerprint density at radius 1 is 0.944 bits per heavy atom. The normalized spacial score (nSPS) is 12.7. The summed E-state index contributed by atoms with van der Waals surface area (Å²) in [5.41, 5.74) is 3.58. The van der Waals surface area contributed by atoms with Crippen LogP contribution in [0.1, 0.15) is 24.2 Å². The first-order chi connectivity index (χ1) is 17.6. The molecule has 1 N–H and O–H groups in total. The quantitative estimate of drug-likeness (QED) is 0.296. The average molecular weight is 480 g/mol. The molecule has 36 heavy (non-hydrogen) atoms. The van der Waals surface area contributed by atoms with E-state index in [1.165, 1.54) is 12.1 Å². The predicted molar refractivity (Wildman–Crippen MR) is 139 cm³/mol. The van der Waals surface area contributed by atoms with Crippen molar-refractivity contribution < 1.29 is 13.9 Å². The fourth-order valence-corrected chi connectivity index (χ4v) is 4.28. The van der Waals surface area contributed by atoms with Crippen LogP contribution in [0.4, 0.5) is 4.39 Å². The molecule has 5 nitrogen and oxygen atoms in total. The van der Waals surface area contributed by atoms with E-state index < -0.39 is 6.10 Å². The van der Waals surface area contributed by atoms with Crippen LogP contribution < -0.4 is 10.1 Å². The van der Waals surface area contributed by atoms with Crippen LogP contribution in [0.3, 0.4) is 0 Å². The second kappa shape index (κ2) is 10.4. The third kappa shape index (κ3) is 5.28. The van der Waals surface area contributed by atoms with Gasteiger partial charge in [-0.1, -0.05) is 60.7 Å². The molecule has 4 aromatic carbocycles. The molecule has 0 aliphatic heterocycles. The highest BCUT2D eigenvalue weighted by Crippen LogP contribution is 2.29. The van der Waals surface area contributed by atoms with Crippen LogP contribution in [0.25, 0.3) is 16.6 Å².